The van der Waals surface area contributed by atoms with Crippen molar-refractivity contribution in [2.75, 3.05) is 29.5 Å². The standard InChI is InChI=1S/C15H23N3S/c1-12-13(11-16-14-4-5-14)3-6-15(17-12)18-7-2-9-19-10-8-18/h3,6,14,16H,2,4-5,7-11H2,1H3. The molecule has 4 heteroatoms. The number of thioether (sulfide) groups is 1. The SMILES string of the molecule is Cc1nc(N2CCCSCC2)ccc1CNC1CC1. The Bertz CT molecular complexity index is 423. The zero-order valence-electron chi connectivity index (χ0n) is 11.7. The van der Waals surface area contributed by atoms with Gasteiger partial charge in [0, 0.05) is 37.1 Å². The van der Waals surface area contributed by atoms with Crippen LogP contribution in [0.4, 0.5) is 5.82 Å². The van der Waals surface area contributed by atoms with Gasteiger partial charge in [0.25, 0.3) is 0 Å². The van der Waals surface area contributed by atoms with Crippen molar-refractivity contribution in [3.8, 4) is 0 Å². The molecule has 2 aliphatic rings. The molecule has 3 rings (SSSR count). The molecule has 1 aromatic heterocycles. The third-order valence-electron chi connectivity index (χ3n) is 3.89. The van der Waals surface area contributed by atoms with E-state index in [1.54, 1.807) is 0 Å². The van der Waals surface area contributed by atoms with E-state index in [2.05, 4.69) is 41.0 Å². The van der Waals surface area contributed by atoms with Gasteiger partial charge in [-0.05, 0) is 43.6 Å². The van der Waals surface area contributed by atoms with Gasteiger partial charge in [-0.15, -0.1) is 0 Å². The van der Waals surface area contributed by atoms with Crippen molar-refractivity contribution in [2.24, 2.45) is 0 Å². The largest absolute Gasteiger partial charge is 0.356 e. The minimum atomic E-state index is 0.765. The Labute approximate surface area is 120 Å². The third-order valence-corrected chi connectivity index (χ3v) is 4.93. The molecule has 0 amide bonds. The van der Waals surface area contributed by atoms with Gasteiger partial charge in [0.15, 0.2) is 0 Å². The van der Waals surface area contributed by atoms with Crippen molar-refractivity contribution in [1.29, 1.82) is 0 Å². The maximum absolute atomic E-state index is 4.81. The van der Waals surface area contributed by atoms with E-state index in [1.807, 2.05) is 0 Å². The molecule has 0 aromatic carbocycles. The summed E-state index contributed by atoms with van der Waals surface area (Å²) < 4.78 is 0. The van der Waals surface area contributed by atoms with Crippen LogP contribution in [0.3, 0.4) is 0 Å². The van der Waals surface area contributed by atoms with E-state index in [4.69, 9.17) is 4.98 Å². The molecule has 1 N–H and O–H groups in total. The van der Waals surface area contributed by atoms with Gasteiger partial charge in [-0.2, -0.15) is 11.8 Å². The molecule has 1 aliphatic carbocycles. The highest BCUT2D eigenvalue weighted by Crippen LogP contribution is 2.21. The van der Waals surface area contributed by atoms with Crippen molar-refractivity contribution < 1.29 is 0 Å². The first kappa shape index (κ1) is 13.3. The number of aromatic nitrogens is 1. The Morgan fingerprint density at radius 1 is 1.32 bits per heavy atom. The highest BCUT2D eigenvalue weighted by Gasteiger charge is 2.20. The second-order valence-corrected chi connectivity index (χ2v) is 6.75. The van der Waals surface area contributed by atoms with Gasteiger partial charge in [0.05, 0.1) is 0 Å². The molecule has 3 nitrogen and oxygen atoms in total. The maximum Gasteiger partial charge on any atom is 0.128 e. The third kappa shape index (κ3) is 3.63. The van der Waals surface area contributed by atoms with Crippen molar-refractivity contribution >= 4 is 17.6 Å². The van der Waals surface area contributed by atoms with Crippen LogP contribution >= 0.6 is 11.8 Å². The van der Waals surface area contributed by atoms with Gasteiger partial charge in [-0.25, -0.2) is 4.98 Å². The van der Waals surface area contributed by atoms with Gasteiger partial charge < -0.3 is 10.2 Å². The molecule has 1 aromatic rings. The number of pyridine rings is 1. The van der Waals surface area contributed by atoms with E-state index in [1.165, 1.54) is 42.0 Å². The zero-order chi connectivity index (χ0) is 13.1. The van der Waals surface area contributed by atoms with Crippen LogP contribution in [0.15, 0.2) is 12.1 Å². The van der Waals surface area contributed by atoms with Gasteiger partial charge in [-0.3, -0.25) is 0 Å². The monoisotopic (exact) mass is 277 g/mol. The quantitative estimate of drug-likeness (QED) is 0.915. The van der Waals surface area contributed by atoms with E-state index < -0.39 is 0 Å². The molecule has 1 saturated heterocycles. The Balaban J connectivity index is 1.66. The number of nitrogens with zero attached hydrogens (tertiary/aromatic N) is 2. The fourth-order valence-electron chi connectivity index (χ4n) is 2.46. The van der Waals surface area contributed by atoms with Crippen LogP contribution in [0.5, 0.6) is 0 Å². The number of rotatable bonds is 4. The van der Waals surface area contributed by atoms with Gasteiger partial charge in [0.1, 0.15) is 5.82 Å². The predicted octanol–water partition coefficient (Wildman–Crippen LogP) is 2.59. The molecule has 2 fully saturated rings. The van der Waals surface area contributed by atoms with Crippen molar-refractivity contribution in [1.82, 2.24) is 10.3 Å². The average molecular weight is 277 g/mol. The first-order valence-corrected chi connectivity index (χ1v) is 8.51. The molecule has 0 unspecified atom stereocenters. The minimum Gasteiger partial charge on any atom is -0.356 e. The van der Waals surface area contributed by atoms with E-state index in [0.29, 0.717) is 0 Å². The number of nitrogens with one attached hydrogen (secondary N) is 1. The summed E-state index contributed by atoms with van der Waals surface area (Å²) >= 11 is 2.06. The summed E-state index contributed by atoms with van der Waals surface area (Å²) in [5.74, 6) is 3.68. The lowest BCUT2D eigenvalue weighted by atomic mass is 10.2. The first-order valence-electron chi connectivity index (χ1n) is 7.35. The molecule has 1 saturated carbocycles. The normalized spacial score (nSPS) is 20.4. The lowest BCUT2D eigenvalue weighted by Gasteiger charge is -2.22. The zero-order valence-corrected chi connectivity index (χ0v) is 12.5. The Hall–Kier alpha value is -0.740. The lowest BCUT2D eigenvalue weighted by Crippen LogP contribution is -2.27. The summed E-state index contributed by atoms with van der Waals surface area (Å²) in [5, 5.41) is 3.57. The van der Waals surface area contributed by atoms with Crippen molar-refractivity contribution in [2.45, 2.75) is 38.8 Å². The van der Waals surface area contributed by atoms with Crippen LogP contribution in [0, 0.1) is 6.92 Å². The Morgan fingerprint density at radius 2 is 2.21 bits per heavy atom. The molecular weight excluding hydrogens is 254 g/mol. The first-order chi connectivity index (χ1) is 9.33. The topological polar surface area (TPSA) is 28.2 Å². The summed E-state index contributed by atoms with van der Waals surface area (Å²) in [6, 6.07) is 5.22. The smallest absolute Gasteiger partial charge is 0.128 e. The predicted molar refractivity (Wildman–Crippen MR) is 83.0 cm³/mol. The van der Waals surface area contributed by atoms with E-state index in [-0.39, 0.29) is 0 Å². The highest BCUT2D eigenvalue weighted by atomic mass is 32.2. The summed E-state index contributed by atoms with van der Waals surface area (Å²) in [4.78, 5) is 7.25. The van der Waals surface area contributed by atoms with Gasteiger partial charge in [-0.1, -0.05) is 6.07 Å². The Kier molecular flexibility index (Phi) is 4.28. The fourth-order valence-corrected chi connectivity index (χ4v) is 3.34. The highest BCUT2D eigenvalue weighted by molar-refractivity contribution is 7.99. The summed E-state index contributed by atoms with van der Waals surface area (Å²) in [6.07, 6.45) is 3.96. The molecule has 0 spiro atoms. The van der Waals surface area contributed by atoms with Gasteiger partial charge in [0.2, 0.25) is 0 Å². The molecule has 0 atom stereocenters. The van der Waals surface area contributed by atoms with Gasteiger partial charge >= 0.3 is 0 Å². The van der Waals surface area contributed by atoms with Crippen molar-refractivity contribution in [3.05, 3.63) is 23.4 Å². The second kappa shape index (κ2) is 6.14. The minimum absolute atomic E-state index is 0.765. The molecule has 0 radical (unpaired) electrons. The lowest BCUT2D eigenvalue weighted by molar-refractivity contribution is 0.681. The van der Waals surface area contributed by atoms with Crippen LogP contribution < -0.4 is 10.2 Å². The molecular formula is C15H23N3S. The van der Waals surface area contributed by atoms with Crippen molar-refractivity contribution in [3.63, 3.8) is 0 Å². The van der Waals surface area contributed by atoms with Crippen LogP contribution in [0.2, 0.25) is 0 Å². The van der Waals surface area contributed by atoms with E-state index in [9.17, 15) is 0 Å². The number of hydrogen-bond acceptors (Lipinski definition) is 4. The van der Waals surface area contributed by atoms with Crippen LogP contribution in [0.25, 0.3) is 0 Å². The summed E-state index contributed by atoms with van der Waals surface area (Å²) in [5.41, 5.74) is 2.53. The summed E-state index contributed by atoms with van der Waals surface area (Å²) in [7, 11) is 0. The van der Waals surface area contributed by atoms with Crippen LogP contribution in [0.1, 0.15) is 30.5 Å². The van der Waals surface area contributed by atoms with Crippen LogP contribution in [-0.2, 0) is 6.54 Å². The number of aryl methyl sites for hydroxylation is 1. The number of hydrogen-bond donors (Lipinski definition) is 1. The molecule has 19 heavy (non-hydrogen) atoms. The van der Waals surface area contributed by atoms with E-state index >= 15 is 0 Å². The Morgan fingerprint density at radius 3 is 3.00 bits per heavy atom. The molecule has 104 valence electrons. The molecule has 0 bridgehead atoms. The fraction of sp³-hybridized carbons (Fsp3) is 0.667. The maximum atomic E-state index is 4.81. The van der Waals surface area contributed by atoms with E-state index in [0.717, 1.165) is 31.5 Å². The average Bonchev–Trinajstić information content (AvgIpc) is 3.24. The van der Waals surface area contributed by atoms with Crippen LogP contribution in [-0.4, -0.2) is 35.6 Å². The summed E-state index contributed by atoms with van der Waals surface area (Å²) in [6.45, 7) is 5.40. The molecule has 1 aliphatic heterocycles. The number of anilines is 1. The second-order valence-electron chi connectivity index (χ2n) is 5.52. The molecule has 2 heterocycles.